The summed E-state index contributed by atoms with van der Waals surface area (Å²) in [6.07, 6.45) is -6.30. The number of carbonyl (C=O) groups excluding carboxylic acids is 2. The number of aryl methyl sites for hydroxylation is 1. The van der Waals surface area contributed by atoms with Crippen LogP contribution < -0.4 is 4.74 Å². The minimum atomic E-state index is -5.42. The number of fused-ring (bicyclic) bond motifs is 1. The van der Waals surface area contributed by atoms with Crippen LogP contribution in [-0.2, 0) is 23.8 Å². The molecule has 0 aliphatic carbocycles. The molecule has 1 aromatic carbocycles. The van der Waals surface area contributed by atoms with E-state index in [9.17, 15) is 32.9 Å². The quantitative estimate of drug-likeness (QED) is 0.233. The molecule has 0 aromatic heterocycles. The van der Waals surface area contributed by atoms with Crippen molar-refractivity contribution in [2.45, 2.75) is 31.7 Å². The number of ether oxygens (including phenoxy) is 4. The maximum Gasteiger partial charge on any atom is 0.512 e. The maximum absolute atomic E-state index is 14.2. The third-order valence-corrected chi connectivity index (χ3v) is 4.35. The van der Waals surface area contributed by atoms with Gasteiger partial charge in [0, 0.05) is 10.6 Å². The fourth-order valence-corrected chi connectivity index (χ4v) is 3.03. The summed E-state index contributed by atoms with van der Waals surface area (Å²) in [5.74, 6) is -5.63. The van der Waals surface area contributed by atoms with Gasteiger partial charge in [-0.25, -0.2) is 9.59 Å². The molecule has 32 heavy (non-hydrogen) atoms. The topological polar surface area (TPSA) is 123 Å². The van der Waals surface area contributed by atoms with Gasteiger partial charge in [-0.05, 0) is 43.5 Å². The van der Waals surface area contributed by atoms with Gasteiger partial charge in [0.15, 0.2) is 0 Å². The number of rotatable bonds is 8. The molecule has 1 atom stereocenters. The molecular formula is C18H17ClF3NO9. The standard InChI is InChI=1S/C18H17ClF3NO9/c1-10-7-12(19)8-11-9-13(15(24)28-2)17(18(20,21)22,31-14(10)11)32-16(25)29-5-3-4-6-30-23(26)27/h7-9H,3-6H2,1-2H3/t17-/m1/s1. The molecule has 0 N–H and O–H groups in total. The molecule has 0 saturated heterocycles. The van der Waals surface area contributed by atoms with Crippen LogP contribution in [0.5, 0.6) is 5.75 Å². The average molecular weight is 484 g/mol. The van der Waals surface area contributed by atoms with E-state index in [1.165, 1.54) is 19.1 Å². The largest absolute Gasteiger partial charge is 0.512 e. The molecule has 0 unspecified atom stereocenters. The highest BCUT2D eigenvalue weighted by Crippen LogP contribution is 2.48. The van der Waals surface area contributed by atoms with Crippen molar-refractivity contribution in [1.29, 1.82) is 0 Å². The maximum atomic E-state index is 14.2. The number of alkyl halides is 3. The van der Waals surface area contributed by atoms with E-state index in [1.54, 1.807) is 0 Å². The zero-order chi connectivity index (χ0) is 24.1. The second-order valence-electron chi connectivity index (χ2n) is 6.37. The lowest BCUT2D eigenvalue weighted by Crippen LogP contribution is -2.58. The Kier molecular flexibility index (Phi) is 7.78. The molecule has 1 aliphatic rings. The van der Waals surface area contributed by atoms with Gasteiger partial charge in [0.1, 0.15) is 11.3 Å². The second-order valence-corrected chi connectivity index (χ2v) is 6.81. The first-order chi connectivity index (χ1) is 14.9. The third kappa shape index (κ3) is 5.52. The summed E-state index contributed by atoms with van der Waals surface area (Å²) in [6.45, 7) is 0.680. The van der Waals surface area contributed by atoms with Crippen molar-refractivity contribution in [2.24, 2.45) is 0 Å². The Labute approximate surface area is 183 Å². The molecule has 0 fully saturated rings. The highest BCUT2D eigenvalue weighted by molar-refractivity contribution is 6.30. The van der Waals surface area contributed by atoms with E-state index in [1.807, 2.05) is 0 Å². The number of halogens is 4. The van der Waals surface area contributed by atoms with Crippen LogP contribution in [0.2, 0.25) is 5.02 Å². The van der Waals surface area contributed by atoms with Crippen LogP contribution in [0.4, 0.5) is 18.0 Å². The van der Waals surface area contributed by atoms with Gasteiger partial charge < -0.3 is 23.8 Å². The first-order valence-corrected chi connectivity index (χ1v) is 9.28. The zero-order valence-corrected chi connectivity index (χ0v) is 17.4. The Morgan fingerprint density at radius 3 is 2.50 bits per heavy atom. The number of benzene rings is 1. The van der Waals surface area contributed by atoms with E-state index in [-0.39, 0.29) is 41.3 Å². The van der Waals surface area contributed by atoms with E-state index >= 15 is 0 Å². The molecule has 1 aliphatic heterocycles. The number of methoxy groups -OCH3 is 1. The third-order valence-electron chi connectivity index (χ3n) is 4.13. The lowest BCUT2D eigenvalue weighted by atomic mass is 9.96. The molecule has 0 saturated carbocycles. The summed E-state index contributed by atoms with van der Waals surface area (Å²) in [4.78, 5) is 38.3. The zero-order valence-electron chi connectivity index (χ0n) is 16.7. The van der Waals surface area contributed by atoms with Gasteiger partial charge in [0.05, 0.1) is 20.3 Å². The summed E-state index contributed by atoms with van der Waals surface area (Å²) in [6, 6.07) is 2.59. The van der Waals surface area contributed by atoms with Crippen LogP contribution in [-0.4, -0.2) is 49.5 Å². The van der Waals surface area contributed by atoms with Crippen molar-refractivity contribution >= 4 is 29.8 Å². The van der Waals surface area contributed by atoms with Crippen molar-refractivity contribution in [3.05, 3.63) is 44.0 Å². The first-order valence-electron chi connectivity index (χ1n) is 8.90. The summed E-state index contributed by atoms with van der Waals surface area (Å²) in [5.41, 5.74) is -0.930. The van der Waals surface area contributed by atoms with Gasteiger partial charge in [-0.2, -0.15) is 13.2 Å². The number of unbranched alkanes of at least 4 members (excludes halogenated alkanes) is 1. The van der Waals surface area contributed by atoms with Crippen molar-refractivity contribution in [3.8, 4) is 5.75 Å². The molecule has 2 rings (SSSR count). The van der Waals surface area contributed by atoms with Gasteiger partial charge in [0.25, 0.3) is 5.09 Å². The molecule has 14 heteroatoms. The van der Waals surface area contributed by atoms with Crippen LogP contribution in [0, 0.1) is 17.0 Å². The van der Waals surface area contributed by atoms with E-state index < -0.39 is 41.4 Å². The van der Waals surface area contributed by atoms with Gasteiger partial charge in [-0.3, -0.25) is 0 Å². The molecule has 176 valence electrons. The Hall–Kier alpha value is -3.22. The Morgan fingerprint density at radius 2 is 1.91 bits per heavy atom. The average Bonchev–Trinajstić information content (AvgIpc) is 2.68. The van der Waals surface area contributed by atoms with E-state index in [0.717, 1.165) is 13.2 Å². The number of esters is 1. The van der Waals surface area contributed by atoms with Gasteiger partial charge in [-0.1, -0.05) is 11.6 Å². The molecule has 1 heterocycles. The monoisotopic (exact) mass is 483 g/mol. The second kappa shape index (κ2) is 9.94. The molecule has 0 bridgehead atoms. The predicted octanol–water partition coefficient (Wildman–Crippen LogP) is 4.00. The number of hydrogen-bond acceptors (Lipinski definition) is 9. The van der Waals surface area contributed by atoms with Crippen LogP contribution in [0.25, 0.3) is 6.08 Å². The minimum absolute atomic E-state index is 0.0307. The van der Waals surface area contributed by atoms with Gasteiger partial charge >= 0.3 is 24.1 Å². The summed E-state index contributed by atoms with van der Waals surface area (Å²) < 4.78 is 61.1. The summed E-state index contributed by atoms with van der Waals surface area (Å²) in [7, 11) is 0.842. The molecule has 0 radical (unpaired) electrons. The van der Waals surface area contributed by atoms with Crippen molar-refractivity contribution < 1.29 is 51.6 Å². The Morgan fingerprint density at radius 1 is 1.25 bits per heavy atom. The highest BCUT2D eigenvalue weighted by atomic mass is 35.5. The predicted molar refractivity (Wildman–Crippen MR) is 100 cm³/mol. The molecule has 10 nitrogen and oxygen atoms in total. The lowest BCUT2D eigenvalue weighted by Gasteiger charge is -2.38. The normalized spacial score (nSPS) is 17.4. The number of hydrogen-bond donors (Lipinski definition) is 0. The number of carbonyl (C=O) groups is 2. The van der Waals surface area contributed by atoms with Crippen LogP contribution in [0.3, 0.4) is 0 Å². The highest BCUT2D eigenvalue weighted by Gasteiger charge is 2.68. The van der Waals surface area contributed by atoms with Crippen molar-refractivity contribution in [3.63, 3.8) is 0 Å². The summed E-state index contributed by atoms with van der Waals surface area (Å²) in [5, 5.41) is 9.19. The van der Waals surface area contributed by atoms with Crippen LogP contribution in [0.15, 0.2) is 17.7 Å². The fraction of sp³-hybridized carbons (Fsp3) is 0.444. The Balaban J connectivity index is 2.30. The van der Waals surface area contributed by atoms with Crippen LogP contribution in [0.1, 0.15) is 24.0 Å². The van der Waals surface area contributed by atoms with Crippen molar-refractivity contribution in [2.75, 3.05) is 20.3 Å². The van der Waals surface area contributed by atoms with E-state index in [4.69, 9.17) is 16.3 Å². The van der Waals surface area contributed by atoms with Crippen LogP contribution >= 0.6 is 11.6 Å². The lowest BCUT2D eigenvalue weighted by molar-refractivity contribution is -0.757. The summed E-state index contributed by atoms with van der Waals surface area (Å²) >= 11 is 5.92. The molecule has 0 spiro atoms. The Bertz CT molecular complexity index is 935. The fourth-order valence-electron chi connectivity index (χ4n) is 2.74. The van der Waals surface area contributed by atoms with Crippen molar-refractivity contribution in [1.82, 2.24) is 0 Å². The SMILES string of the molecule is COC(=O)C1=Cc2cc(Cl)cc(C)c2O[C@]1(OC(=O)OCCCCO[N+](=O)[O-])C(F)(F)F. The minimum Gasteiger partial charge on any atom is -0.465 e. The van der Waals surface area contributed by atoms with E-state index in [2.05, 4.69) is 19.0 Å². The molecular weight excluding hydrogens is 467 g/mol. The molecule has 0 amide bonds. The first kappa shape index (κ1) is 25.0. The van der Waals surface area contributed by atoms with E-state index in [0.29, 0.717) is 0 Å². The number of nitrogens with zero attached hydrogens (tertiary/aromatic N) is 1. The smallest absolute Gasteiger partial charge is 0.465 e. The van der Waals surface area contributed by atoms with Gasteiger partial charge in [-0.15, -0.1) is 10.1 Å². The molecule has 1 aromatic rings. The van der Waals surface area contributed by atoms with Gasteiger partial charge in [0.2, 0.25) is 0 Å².